The summed E-state index contributed by atoms with van der Waals surface area (Å²) >= 11 is 0. The summed E-state index contributed by atoms with van der Waals surface area (Å²) in [6.45, 7) is 1.86. The molecule has 0 spiro atoms. The third-order valence-electron chi connectivity index (χ3n) is 3.39. The van der Waals surface area contributed by atoms with Gasteiger partial charge in [0.1, 0.15) is 17.4 Å². The molecule has 0 saturated carbocycles. The molecule has 6 nitrogen and oxygen atoms in total. The molecule has 0 atom stereocenters. The summed E-state index contributed by atoms with van der Waals surface area (Å²) in [5.74, 6) is 3.01. The van der Waals surface area contributed by atoms with Crippen molar-refractivity contribution in [3.05, 3.63) is 60.6 Å². The van der Waals surface area contributed by atoms with Crippen molar-refractivity contribution in [3.63, 3.8) is 0 Å². The van der Waals surface area contributed by atoms with Crippen molar-refractivity contribution in [3.8, 4) is 11.4 Å². The first-order valence-electron chi connectivity index (χ1n) is 7.79. The average molecular weight is 324 g/mol. The van der Waals surface area contributed by atoms with Crippen LogP contribution in [0.2, 0.25) is 0 Å². The fourth-order valence-electron chi connectivity index (χ4n) is 2.22. The topological polar surface area (TPSA) is 72.2 Å². The standard InChI is InChI=1S/C18H20N4O2/c1-23-11-9-19-16-12-17(20-13-15-8-5-10-24-15)22-18(21-16)14-6-3-2-4-7-14/h2-8,10,12H,9,11,13H2,1H3,(H2,19,20,21,22). The fourth-order valence-corrected chi connectivity index (χ4v) is 2.22. The Hall–Kier alpha value is -2.86. The molecule has 0 aliphatic carbocycles. The summed E-state index contributed by atoms with van der Waals surface area (Å²) in [4.78, 5) is 9.18. The zero-order valence-corrected chi connectivity index (χ0v) is 13.5. The molecule has 1 aromatic carbocycles. The SMILES string of the molecule is COCCNc1cc(NCc2ccco2)nc(-c2ccccc2)n1. The number of nitrogens with zero attached hydrogens (tertiary/aromatic N) is 2. The highest BCUT2D eigenvalue weighted by Gasteiger charge is 2.07. The maximum Gasteiger partial charge on any atom is 0.163 e. The van der Waals surface area contributed by atoms with Crippen molar-refractivity contribution in [2.45, 2.75) is 6.54 Å². The van der Waals surface area contributed by atoms with Crippen LogP contribution in [0.25, 0.3) is 11.4 Å². The van der Waals surface area contributed by atoms with E-state index in [1.165, 1.54) is 0 Å². The van der Waals surface area contributed by atoms with E-state index in [1.807, 2.05) is 48.5 Å². The Labute approximate surface area is 140 Å². The molecule has 3 aromatic rings. The molecular formula is C18H20N4O2. The molecule has 24 heavy (non-hydrogen) atoms. The molecular weight excluding hydrogens is 304 g/mol. The van der Waals surface area contributed by atoms with Crippen LogP contribution in [0.3, 0.4) is 0 Å². The van der Waals surface area contributed by atoms with Crippen LogP contribution in [0.15, 0.2) is 59.2 Å². The highest BCUT2D eigenvalue weighted by molar-refractivity contribution is 5.61. The predicted molar refractivity (Wildman–Crippen MR) is 93.9 cm³/mol. The number of ether oxygens (including phenoxy) is 1. The largest absolute Gasteiger partial charge is 0.467 e. The third-order valence-corrected chi connectivity index (χ3v) is 3.39. The maximum atomic E-state index is 5.34. The normalized spacial score (nSPS) is 10.5. The lowest BCUT2D eigenvalue weighted by Crippen LogP contribution is -2.11. The zero-order valence-electron chi connectivity index (χ0n) is 13.5. The number of aromatic nitrogens is 2. The second-order valence-corrected chi connectivity index (χ2v) is 5.18. The maximum absolute atomic E-state index is 5.34. The highest BCUT2D eigenvalue weighted by atomic mass is 16.5. The summed E-state index contributed by atoms with van der Waals surface area (Å²) in [5, 5.41) is 6.52. The van der Waals surface area contributed by atoms with E-state index in [0.717, 1.165) is 23.0 Å². The van der Waals surface area contributed by atoms with Crippen molar-refractivity contribution in [2.24, 2.45) is 0 Å². The Bertz CT molecular complexity index is 745. The van der Waals surface area contributed by atoms with Gasteiger partial charge in [0, 0.05) is 25.3 Å². The lowest BCUT2D eigenvalue weighted by Gasteiger charge is -2.11. The van der Waals surface area contributed by atoms with Gasteiger partial charge in [0.2, 0.25) is 0 Å². The Morgan fingerprint density at radius 3 is 2.50 bits per heavy atom. The van der Waals surface area contributed by atoms with Gasteiger partial charge in [-0.25, -0.2) is 9.97 Å². The van der Waals surface area contributed by atoms with Crippen LogP contribution in [0.1, 0.15) is 5.76 Å². The number of hydrogen-bond acceptors (Lipinski definition) is 6. The summed E-state index contributed by atoms with van der Waals surface area (Å²) in [7, 11) is 1.67. The molecule has 124 valence electrons. The van der Waals surface area contributed by atoms with Gasteiger partial charge in [0.05, 0.1) is 19.4 Å². The molecule has 0 bridgehead atoms. The van der Waals surface area contributed by atoms with Crippen molar-refractivity contribution in [1.82, 2.24) is 9.97 Å². The second-order valence-electron chi connectivity index (χ2n) is 5.18. The number of benzene rings is 1. The fraction of sp³-hybridized carbons (Fsp3) is 0.222. The van der Waals surface area contributed by atoms with Gasteiger partial charge in [0.15, 0.2) is 5.82 Å². The molecule has 0 saturated heterocycles. The van der Waals surface area contributed by atoms with Crippen molar-refractivity contribution in [1.29, 1.82) is 0 Å². The number of nitrogens with one attached hydrogen (secondary N) is 2. The van der Waals surface area contributed by atoms with Gasteiger partial charge in [-0.05, 0) is 12.1 Å². The second kappa shape index (κ2) is 8.12. The van der Waals surface area contributed by atoms with Gasteiger partial charge < -0.3 is 19.8 Å². The number of methoxy groups -OCH3 is 1. The number of furan rings is 1. The van der Waals surface area contributed by atoms with Gasteiger partial charge >= 0.3 is 0 Å². The van der Waals surface area contributed by atoms with E-state index in [9.17, 15) is 0 Å². The van der Waals surface area contributed by atoms with E-state index in [2.05, 4.69) is 20.6 Å². The molecule has 0 unspecified atom stereocenters. The van der Waals surface area contributed by atoms with Gasteiger partial charge in [-0.3, -0.25) is 0 Å². The minimum Gasteiger partial charge on any atom is -0.467 e. The van der Waals surface area contributed by atoms with Crippen LogP contribution in [0, 0.1) is 0 Å². The number of hydrogen-bond donors (Lipinski definition) is 2. The Kier molecular flexibility index (Phi) is 5.42. The number of anilines is 2. The third kappa shape index (κ3) is 4.33. The first kappa shape index (κ1) is 16.0. The van der Waals surface area contributed by atoms with Crippen LogP contribution < -0.4 is 10.6 Å². The minimum absolute atomic E-state index is 0.565. The van der Waals surface area contributed by atoms with Gasteiger partial charge in [-0.2, -0.15) is 0 Å². The molecule has 6 heteroatoms. The first-order valence-corrected chi connectivity index (χ1v) is 7.79. The number of rotatable bonds is 8. The van der Waals surface area contributed by atoms with Gasteiger partial charge in [-0.1, -0.05) is 30.3 Å². The van der Waals surface area contributed by atoms with Gasteiger partial charge in [0.25, 0.3) is 0 Å². The van der Waals surface area contributed by atoms with Crippen LogP contribution in [0.5, 0.6) is 0 Å². The molecule has 0 radical (unpaired) electrons. The van der Waals surface area contributed by atoms with E-state index in [0.29, 0.717) is 25.5 Å². The summed E-state index contributed by atoms with van der Waals surface area (Å²) in [6.07, 6.45) is 1.66. The smallest absolute Gasteiger partial charge is 0.163 e. The van der Waals surface area contributed by atoms with Crippen molar-refractivity contribution < 1.29 is 9.15 Å². The highest BCUT2D eigenvalue weighted by Crippen LogP contribution is 2.20. The minimum atomic E-state index is 0.565. The Morgan fingerprint density at radius 1 is 1.00 bits per heavy atom. The van der Waals surface area contributed by atoms with Crippen LogP contribution in [0.4, 0.5) is 11.6 Å². The van der Waals surface area contributed by atoms with E-state index in [-0.39, 0.29) is 0 Å². The summed E-state index contributed by atoms with van der Waals surface area (Å²) < 4.78 is 10.4. The first-order chi connectivity index (χ1) is 11.8. The van der Waals surface area contributed by atoms with Crippen LogP contribution in [-0.2, 0) is 11.3 Å². The van der Waals surface area contributed by atoms with Crippen molar-refractivity contribution >= 4 is 11.6 Å². The average Bonchev–Trinajstić information content (AvgIpc) is 3.14. The monoisotopic (exact) mass is 324 g/mol. The lowest BCUT2D eigenvalue weighted by molar-refractivity contribution is 0.210. The Morgan fingerprint density at radius 2 is 1.79 bits per heavy atom. The predicted octanol–water partition coefficient (Wildman–Crippen LogP) is 3.41. The van der Waals surface area contributed by atoms with E-state index in [1.54, 1.807) is 13.4 Å². The molecule has 0 aliphatic heterocycles. The molecule has 0 amide bonds. The van der Waals surface area contributed by atoms with E-state index in [4.69, 9.17) is 9.15 Å². The van der Waals surface area contributed by atoms with E-state index < -0.39 is 0 Å². The van der Waals surface area contributed by atoms with Crippen LogP contribution >= 0.6 is 0 Å². The van der Waals surface area contributed by atoms with Crippen LogP contribution in [-0.4, -0.2) is 30.2 Å². The van der Waals surface area contributed by atoms with Crippen molar-refractivity contribution in [2.75, 3.05) is 30.9 Å². The van der Waals surface area contributed by atoms with Gasteiger partial charge in [-0.15, -0.1) is 0 Å². The Balaban J connectivity index is 1.81. The molecule has 2 heterocycles. The summed E-state index contributed by atoms with van der Waals surface area (Å²) in [6, 6.07) is 15.6. The molecule has 3 rings (SSSR count). The summed E-state index contributed by atoms with van der Waals surface area (Å²) in [5.41, 5.74) is 0.967. The lowest BCUT2D eigenvalue weighted by atomic mass is 10.2. The molecule has 2 N–H and O–H groups in total. The quantitative estimate of drug-likeness (QED) is 0.619. The molecule has 0 aliphatic rings. The zero-order chi connectivity index (χ0) is 16.6. The molecule has 0 fully saturated rings. The van der Waals surface area contributed by atoms with E-state index >= 15 is 0 Å². The molecule has 2 aromatic heterocycles.